The molecule has 0 radical (unpaired) electrons. The molecule has 0 bridgehead atoms. The van der Waals surface area contributed by atoms with Crippen LogP contribution >= 0.6 is 0 Å². The Kier molecular flexibility index (Phi) is 5.73. The molecule has 0 spiro atoms. The van der Waals surface area contributed by atoms with Gasteiger partial charge in [-0.1, -0.05) is 12.1 Å². The van der Waals surface area contributed by atoms with Gasteiger partial charge in [-0.15, -0.1) is 0 Å². The van der Waals surface area contributed by atoms with E-state index in [1.54, 1.807) is 31.2 Å². The van der Waals surface area contributed by atoms with Gasteiger partial charge in [0.15, 0.2) is 0 Å². The normalized spacial score (nSPS) is 16.6. The molecule has 8 nitrogen and oxygen atoms in total. The molecule has 1 fully saturated rings. The number of rotatable bonds is 6. The summed E-state index contributed by atoms with van der Waals surface area (Å²) >= 11 is 0. The Bertz CT molecular complexity index is 908. The Balaban J connectivity index is 1.72. The highest BCUT2D eigenvalue weighted by Gasteiger charge is 2.26. The van der Waals surface area contributed by atoms with Crippen LogP contribution < -0.4 is 4.74 Å². The lowest BCUT2D eigenvalue weighted by molar-refractivity contribution is -0.385. The van der Waals surface area contributed by atoms with Crippen LogP contribution in [-0.4, -0.2) is 43.9 Å². The van der Waals surface area contributed by atoms with Crippen LogP contribution in [0.1, 0.15) is 18.6 Å². The minimum atomic E-state index is -3.55. The molecule has 1 aliphatic rings. The van der Waals surface area contributed by atoms with Crippen LogP contribution in [0.2, 0.25) is 0 Å². The first kappa shape index (κ1) is 19.3. The first-order valence-electron chi connectivity index (χ1n) is 8.47. The van der Waals surface area contributed by atoms with Crippen LogP contribution in [0, 0.1) is 10.1 Å². The van der Waals surface area contributed by atoms with E-state index in [-0.39, 0.29) is 10.6 Å². The first-order valence-corrected chi connectivity index (χ1v) is 9.91. The molecule has 2 aromatic carbocycles. The van der Waals surface area contributed by atoms with Crippen LogP contribution in [0.15, 0.2) is 53.4 Å². The molecule has 0 aliphatic carbocycles. The summed E-state index contributed by atoms with van der Waals surface area (Å²) in [7, 11) is -3.55. The second-order valence-electron chi connectivity index (χ2n) is 6.10. The molecule has 1 atom stereocenters. The zero-order chi connectivity index (χ0) is 19.4. The van der Waals surface area contributed by atoms with Gasteiger partial charge in [0.1, 0.15) is 11.9 Å². The minimum Gasteiger partial charge on any atom is -0.486 e. The van der Waals surface area contributed by atoms with Crippen molar-refractivity contribution in [3.8, 4) is 5.75 Å². The summed E-state index contributed by atoms with van der Waals surface area (Å²) in [5.41, 5.74) is 0.657. The average Bonchev–Trinajstić information content (AvgIpc) is 2.69. The number of nitro benzene ring substituents is 1. The Morgan fingerprint density at radius 1 is 1.15 bits per heavy atom. The van der Waals surface area contributed by atoms with E-state index in [1.165, 1.54) is 28.6 Å². The van der Waals surface area contributed by atoms with E-state index in [9.17, 15) is 18.5 Å². The number of hydrogen-bond acceptors (Lipinski definition) is 6. The van der Waals surface area contributed by atoms with Crippen molar-refractivity contribution in [1.82, 2.24) is 4.31 Å². The number of hydrogen-bond donors (Lipinski definition) is 0. The van der Waals surface area contributed by atoms with E-state index < -0.39 is 21.1 Å². The molecule has 0 amide bonds. The standard InChI is InChI=1S/C18H20N2O6S/c1-14(15-3-2-4-16(13-15)20(21)22)26-17-5-7-18(8-6-17)27(23,24)19-9-11-25-12-10-19/h2-8,13-14H,9-12H2,1H3/t14-/m0/s1. The fourth-order valence-electron chi connectivity index (χ4n) is 2.79. The molecular weight excluding hydrogens is 372 g/mol. The van der Waals surface area contributed by atoms with E-state index >= 15 is 0 Å². The Hall–Kier alpha value is -2.49. The molecule has 27 heavy (non-hydrogen) atoms. The molecule has 0 N–H and O–H groups in total. The average molecular weight is 392 g/mol. The predicted molar refractivity (Wildman–Crippen MR) is 98.2 cm³/mol. The summed E-state index contributed by atoms with van der Waals surface area (Å²) < 4.78 is 37.6. The van der Waals surface area contributed by atoms with Gasteiger partial charge < -0.3 is 9.47 Å². The van der Waals surface area contributed by atoms with Crippen molar-refractivity contribution in [2.45, 2.75) is 17.9 Å². The van der Waals surface area contributed by atoms with Crippen molar-refractivity contribution in [3.05, 3.63) is 64.2 Å². The smallest absolute Gasteiger partial charge is 0.269 e. The van der Waals surface area contributed by atoms with Crippen LogP contribution in [0.3, 0.4) is 0 Å². The maximum Gasteiger partial charge on any atom is 0.269 e. The Labute approximate surface area is 157 Å². The molecule has 1 aliphatic heterocycles. The second-order valence-corrected chi connectivity index (χ2v) is 8.04. The lowest BCUT2D eigenvalue weighted by atomic mass is 10.1. The van der Waals surface area contributed by atoms with Gasteiger partial charge >= 0.3 is 0 Å². The van der Waals surface area contributed by atoms with Gasteiger partial charge in [-0.3, -0.25) is 10.1 Å². The number of non-ortho nitro benzene ring substituents is 1. The highest BCUT2D eigenvalue weighted by molar-refractivity contribution is 7.89. The third kappa shape index (κ3) is 4.44. The van der Waals surface area contributed by atoms with E-state index in [0.29, 0.717) is 37.6 Å². The summed E-state index contributed by atoms with van der Waals surface area (Å²) in [6.45, 7) is 3.23. The highest BCUT2D eigenvalue weighted by atomic mass is 32.2. The van der Waals surface area contributed by atoms with Gasteiger partial charge in [-0.2, -0.15) is 4.31 Å². The van der Waals surface area contributed by atoms with Crippen molar-refractivity contribution >= 4 is 15.7 Å². The van der Waals surface area contributed by atoms with Gasteiger partial charge in [-0.05, 0) is 36.8 Å². The lowest BCUT2D eigenvalue weighted by Crippen LogP contribution is -2.40. The molecule has 2 aromatic rings. The predicted octanol–water partition coefficient (Wildman–Crippen LogP) is 2.76. The quantitative estimate of drug-likeness (QED) is 0.554. The molecule has 144 valence electrons. The van der Waals surface area contributed by atoms with Crippen LogP contribution in [-0.2, 0) is 14.8 Å². The van der Waals surface area contributed by atoms with E-state index in [0.717, 1.165) is 0 Å². The third-order valence-corrected chi connectivity index (χ3v) is 6.21. The van der Waals surface area contributed by atoms with Crippen molar-refractivity contribution < 1.29 is 22.8 Å². The van der Waals surface area contributed by atoms with Crippen LogP contribution in [0.5, 0.6) is 5.75 Å². The fourth-order valence-corrected chi connectivity index (χ4v) is 4.20. The van der Waals surface area contributed by atoms with Crippen LogP contribution in [0.25, 0.3) is 0 Å². The van der Waals surface area contributed by atoms with Gasteiger partial charge in [0.2, 0.25) is 10.0 Å². The zero-order valence-corrected chi connectivity index (χ0v) is 15.6. The molecule has 0 saturated carbocycles. The largest absolute Gasteiger partial charge is 0.486 e. The number of sulfonamides is 1. The number of nitro groups is 1. The topological polar surface area (TPSA) is 99.0 Å². The molecule has 1 saturated heterocycles. The van der Waals surface area contributed by atoms with E-state index in [1.807, 2.05) is 0 Å². The summed E-state index contributed by atoms with van der Waals surface area (Å²) in [5.74, 6) is 0.481. The highest BCUT2D eigenvalue weighted by Crippen LogP contribution is 2.26. The van der Waals surface area contributed by atoms with E-state index in [4.69, 9.17) is 9.47 Å². The molecule has 0 unspecified atom stereocenters. The van der Waals surface area contributed by atoms with Crippen molar-refractivity contribution in [2.24, 2.45) is 0 Å². The van der Waals surface area contributed by atoms with E-state index in [2.05, 4.69) is 0 Å². The van der Waals surface area contributed by atoms with Crippen molar-refractivity contribution in [1.29, 1.82) is 0 Å². The molecular formula is C18H20N2O6S. The number of ether oxygens (including phenoxy) is 2. The summed E-state index contributed by atoms with van der Waals surface area (Å²) in [5, 5.41) is 10.9. The lowest BCUT2D eigenvalue weighted by Gasteiger charge is -2.26. The SMILES string of the molecule is C[C@H](Oc1ccc(S(=O)(=O)N2CCOCC2)cc1)c1cccc([N+](=O)[O-])c1. The number of nitrogens with zero attached hydrogens (tertiary/aromatic N) is 2. The minimum absolute atomic E-state index is 0.00472. The zero-order valence-electron chi connectivity index (χ0n) is 14.8. The van der Waals surface area contributed by atoms with Crippen molar-refractivity contribution in [2.75, 3.05) is 26.3 Å². The second kappa shape index (κ2) is 8.03. The molecule has 3 rings (SSSR count). The molecule has 0 aromatic heterocycles. The maximum atomic E-state index is 12.6. The first-order chi connectivity index (χ1) is 12.9. The number of benzene rings is 2. The number of morpholine rings is 1. The fraction of sp³-hybridized carbons (Fsp3) is 0.333. The van der Waals surface area contributed by atoms with Crippen LogP contribution in [0.4, 0.5) is 5.69 Å². The Morgan fingerprint density at radius 3 is 2.44 bits per heavy atom. The summed E-state index contributed by atoms with van der Waals surface area (Å²) in [4.78, 5) is 10.6. The molecule has 1 heterocycles. The third-order valence-electron chi connectivity index (χ3n) is 4.29. The van der Waals surface area contributed by atoms with Crippen molar-refractivity contribution in [3.63, 3.8) is 0 Å². The summed E-state index contributed by atoms with van der Waals surface area (Å²) in [6, 6.07) is 12.4. The monoisotopic (exact) mass is 392 g/mol. The Morgan fingerprint density at radius 2 is 1.81 bits per heavy atom. The van der Waals surface area contributed by atoms with Gasteiger partial charge in [0.05, 0.1) is 23.0 Å². The van der Waals surface area contributed by atoms with Gasteiger partial charge in [0.25, 0.3) is 5.69 Å². The maximum absolute atomic E-state index is 12.6. The van der Waals surface area contributed by atoms with Gasteiger partial charge in [0, 0.05) is 25.2 Å². The molecule has 9 heteroatoms. The van der Waals surface area contributed by atoms with Gasteiger partial charge in [-0.25, -0.2) is 8.42 Å². The summed E-state index contributed by atoms with van der Waals surface area (Å²) in [6.07, 6.45) is -0.424.